The van der Waals surface area contributed by atoms with Crippen LogP contribution in [0.1, 0.15) is 25.3 Å². The van der Waals surface area contributed by atoms with Gasteiger partial charge in [0, 0.05) is 43.5 Å². The van der Waals surface area contributed by atoms with Gasteiger partial charge in [0.2, 0.25) is 6.79 Å². The third kappa shape index (κ3) is 6.69. The highest BCUT2D eigenvalue weighted by molar-refractivity contribution is 14.0. The van der Waals surface area contributed by atoms with Crippen molar-refractivity contribution >= 4 is 29.9 Å². The predicted octanol–water partition coefficient (Wildman–Crippen LogP) is 2.80. The molecule has 11 heteroatoms. The average Bonchev–Trinajstić information content (AvgIpc) is 3.17. The molecule has 0 aliphatic carbocycles. The lowest BCUT2D eigenvalue weighted by Crippen LogP contribution is -2.57. The van der Waals surface area contributed by atoms with Gasteiger partial charge in [-0.1, -0.05) is 0 Å². The number of nitrogens with one attached hydrogen (secondary N) is 2. The summed E-state index contributed by atoms with van der Waals surface area (Å²) in [7, 11) is 4.13. The van der Waals surface area contributed by atoms with Crippen molar-refractivity contribution in [3.63, 3.8) is 0 Å². The molecule has 0 unspecified atom stereocenters. The maximum atomic E-state index is 12.8. The van der Waals surface area contributed by atoms with Gasteiger partial charge >= 0.3 is 6.61 Å². The molecular weight excluding hydrogens is 525 g/mol. The zero-order valence-electron chi connectivity index (χ0n) is 18.1. The summed E-state index contributed by atoms with van der Waals surface area (Å²) in [6.07, 6.45) is 1.84. The fourth-order valence-electron chi connectivity index (χ4n) is 3.58. The monoisotopic (exact) mass is 556 g/mol. The van der Waals surface area contributed by atoms with Gasteiger partial charge in [-0.15, -0.1) is 24.0 Å². The number of fused-ring (bicyclic) bond motifs is 1. The van der Waals surface area contributed by atoms with E-state index in [1.54, 1.807) is 6.07 Å². The van der Waals surface area contributed by atoms with E-state index in [2.05, 4.69) is 39.4 Å². The first-order valence-electron chi connectivity index (χ1n) is 10.1. The molecule has 2 aliphatic rings. The molecule has 31 heavy (non-hydrogen) atoms. The molecule has 2 heterocycles. The van der Waals surface area contributed by atoms with Crippen LogP contribution in [0.5, 0.6) is 17.2 Å². The maximum absolute atomic E-state index is 12.8. The lowest BCUT2D eigenvalue weighted by Gasteiger charge is -2.43. The summed E-state index contributed by atoms with van der Waals surface area (Å²) in [5, 5.41) is 6.60. The minimum absolute atomic E-state index is 0. The number of aliphatic imine (C=N–C) groups is 1. The predicted molar refractivity (Wildman–Crippen MR) is 124 cm³/mol. The Kier molecular flexibility index (Phi) is 9.82. The summed E-state index contributed by atoms with van der Waals surface area (Å²) in [5.41, 5.74) is 0.460. The van der Waals surface area contributed by atoms with E-state index in [0.29, 0.717) is 36.1 Å². The largest absolute Gasteiger partial charge is 0.454 e. The fraction of sp³-hybridized carbons (Fsp3) is 0.650. The quantitative estimate of drug-likeness (QED) is 0.290. The molecule has 3 rings (SSSR count). The summed E-state index contributed by atoms with van der Waals surface area (Å²) >= 11 is 0. The topological polar surface area (TPSA) is 76.6 Å². The number of halogens is 3. The van der Waals surface area contributed by atoms with Gasteiger partial charge in [0.15, 0.2) is 17.5 Å². The Balaban J connectivity index is 0.00000341. The van der Waals surface area contributed by atoms with Gasteiger partial charge in [0.1, 0.15) is 5.75 Å². The average molecular weight is 556 g/mol. The van der Waals surface area contributed by atoms with Crippen molar-refractivity contribution in [2.75, 3.05) is 47.2 Å². The van der Waals surface area contributed by atoms with Crippen LogP contribution in [0, 0.1) is 0 Å². The molecule has 176 valence electrons. The first-order valence-corrected chi connectivity index (χ1v) is 10.1. The standard InChI is InChI=1S/C20H30F2N4O4.HI/c1-4-23-19(25-12-20(26(2)3)5-7-27-8-6-20)24-11-14-9-16-17(29-13-28-16)10-15(14)30-18(21)22;/h9-10,18H,4-8,11-13H2,1-3H3,(H2,23,24,25);1H. The molecule has 2 aliphatic heterocycles. The van der Waals surface area contributed by atoms with Crippen molar-refractivity contribution in [3.05, 3.63) is 17.7 Å². The Morgan fingerprint density at radius 3 is 2.48 bits per heavy atom. The van der Waals surface area contributed by atoms with Crippen molar-refractivity contribution in [2.45, 2.75) is 38.5 Å². The highest BCUT2D eigenvalue weighted by atomic mass is 127. The number of hydrogen-bond donors (Lipinski definition) is 2. The molecule has 0 bridgehead atoms. The van der Waals surface area contributed by atoms with Crippen LogP contribution in [0.3, 0.4) is 0 Å². The lowest BCUT2D eigenvalue weighted by atomic mass is 9.88. The fourth-order valence-corrected chi connectivity index (χ4v) is 3.58. The second-order valence-electron chi connectivity index (χ2n) is 7.47. The molecule has 1 fully saturated rings. The van der Waals surface area contributed by atoms with E-state index in [0.717, 1.165) is 26.1 Å². The Labute approximate surface area is 198 Å². The Hall–Kier alpha value is -1.60. The zero-order chi connectivity index (χ0) is 21.6. The molecule has 0 amide bonds. The van der Waals surface area contributed by atoms with Crippen LogP contribution in [-0.2, 0) is 11.3 Å². The van der Waals surface area contributed by atoms with Crippen molar-refractivity contribution in [1.82, 2.24) is 15.5 Å². The number of hydrogen-bond acceptors (Lipinski definition) is 6. The van der Waals surface area contributed by atoms with Crippen molar-refractivity contribution < 1.29 is 27.7 Å². The SMILES string of the molecule is CCNC(=NCc1cc2c(cc1OC(F)F)OCO2)NCC1(N(C)C)CCOCC1.I. The molecule has 1 saturated heterocycles. The number of alkyl halides is 2. The Bertz CT molecular complexity index is 746. The lowest BCUT2D eigenvalue weighted by molar-refractivity contribution is -0.0505. The number of ether oxygens (including phenoxy) is 4. The van der Waals surface area contributed by atoms with Crippen molar-refractivity contribution in [3.8, 4) is 17.2 Å². The minimum atomic E-state index is -2.94. The highest BCUT2D eigenvalue weighted by Crippen LogP contribution is 2.39. The molecule has 2 N–H and O–H groups in total. The highest BCUT2D eigenvalue weighted by Gasteiger charge is 2.34. The number of benzene rings is 1. The van der Waals surface area contributed by atoms with Gasteiger partial charge in [0.05, 0.1) is 6.54 Å². The van der Waals surface area contributed by atoms with Crippen LogP contribution < -0.4 is 24.8 Å². The maximum Gasteiger partial charge on any atom is 0.387 e. The smallest absolute Gasteiger partial charge is 0.387 e. The summed E-state index contributed by atoms with van der Waals surface area (Å²) < 4.78 is 46.5. The van der Waals surface area contributed by atoms with Gasteiger partial charge in [-0.2, -0.15) is 8.78 Å². The van der Waals surface area contributed by atoms with Gasteiger partial charge in [-0.25, -0.2) is 4.99 Å². The van der Waals surface area contributed by atoms with Crippen LogP contribution in [0.2, 0.25) is 0 Å². The normalized spacial score (nSPS) is 17.5. The van der Waals surface area contributed by atoms with Gasteiger partial charge in [-0.05, 0) is 39.9 Å². The summed E-state index contributed by atoms with van der Waals surface area (Å²) in [4.78, 5) is 6.80. The Morgan fingerprint density at radius 2 is 1.87 bits per heavy atom. The minimum Gasteiger partial charge on any atom is -0.454 e. The van der Waals surface area contributed by atoms with Gasteiger partial charge in [0.25, 0.3) is 0 Å². The van der Waals surface area contributed by atoms with Crippen LogP contribution in [0.15, 0.2) is 17.1 Å². The van der Waals surface area contributed by atoms with Crippen LogP contribution in [0.25, 0.3) is 0 Å². The third-order valence-corrected chi connectivity index (χ3v) is 5.48. The summed E-state index contributed by atoms with van der Waals surface area (Å²) in [6.45, 7) is 2.04. The van der Waals surface area contributed by atoms with Gasteiger partial charge in [-0.3, -0.25) is 0 Å². The first-order chi connectivity index (χ1) is 14.4. The molecule has 8 nitrogen and oxygen atoms in total. The van der Waals surface area contributed by atoms with Crippen LogP contribution in [0.4, 0.5) is 8.78 Å². The van der Waals surface area contributed by atoms with E-state index in [1.165, 1.54) is 6.07 Å². The number of rotatable bonds is 8. The second-order valence-corrected chi connectivity index (χ2v) is 7.47. The van der Waals surface area contributed by atoms with E-state index >= 15 is 0 Å². The van der Waals surface area contributed by atoms with Crippen LogP contribution in [-0.4, -0.2) is 70.2 Å². The van der Waals surface area contributed by atoms with E-state index in [9.17, 15) is 8.78 Å². The summed E-state index contributed by atoms with van der Waals surface area (Å²) in [6, 6.07) is 3.05. The molecule has 0 atom stereocenters. The number of likely N-dealkylation sites (N-methyl/N-ethyl adjacent to an activating group) is 1. The van der Waals surface area contributed by atoms with E-state index < -0.39 is 6.61 Å². The number of guanidine groups is 1. The van der Waals surface area contributed by atoms with E-state index in [-0.39, 0.29) is 48.6 Å². The molecule has 0 saturated carbocycles. The molecule has 0 aromatic heterocycles. The first kappa shape index (κ1) is 25.7. The Morgan fingerprint density at radius 1 is 1.19 bits per heavy atom. The van der Waals surface area contributed by atoms with Crippen LogP contribution >= 0.6 is 24.0 Å². The third-order valence-electron chi connectivity index (χ3n) is 5.48. The van der Waals surface area contributed by atoms with Crippen molar-refractivity contribution in [2.24, 2.45) is 4.99 Å². The molecule has 1 aromatic rings. The van der Waals surface area contributed by atoms with E-state index in [1.807, 2.05) is 6.92 Å². The summed E-state index contributed by atoms with van der Waals surface area (Å²) in [5.74, 6) is 1.51. The number of nitrogens with zero attached hydrogens (tertiary/aromatic N) is 2. The molecular formula is C20H31F2IN4O4. The molecule has 1 aromatic carbocycles. The van der Waals surface area contributed by atoms with Gasteiger partial charge < -0.3 is 34.5 Å². The molecule has 0 spiro atoms. The molecule has 0 radical (unpaired) electrons. The zero-order valence-corrected chi connectivity index (χ0v) is 20.4. The second kappa shape index (κ2) is 11.9. The van der Waals surface area contributed by atoms with E-state index in [4.69, 9.17) is 14.2 Å². The van der Waals surface area contributed by atoms with Crippen molar-refractivity contribution in [1.29, 1.82) is 0 Å².